The van der Waals surface area contributed by atoms with Crippen molar-refractivity contribution in [1.82, 2.24) is 24.7 Å². The summed E-state index contributed by atoms with van der Waals surface area (Å²) in [5.74, 6) is 0.845. The Morgan fingerprint density at radius 3 is 2.69 bits per heavy atom. The number of nitrogens with one attached hydrogen (secondary N) is 1. The molecule has 0 radical (unpaired) electrons. The topological polar surface area (TPSA) is 115 Å². The number of hydrogen-bond acceptors (Lipinski definition) is 7. The Morgan fingerprint density at radius 2 is 1.94 bits per heavy atom. The Labute approximate surface area is 190 Å². The Kier molecular flexibility index (Phi) is 5.40. The number of halogens is 1. The van der Waals surface area contributed by atoms with E-state index in [9.17, 15) is 5.11 Å². The van der Waals surface area contributed by atoms with Gasteiger partial charge in [0.05, 0.1) is 16.6 Å². The van der Waals surface area contributed by atoms with Gasteiger partial charge in [0.15, 0.2) is 11.6 Å². The summed E-state index contributed by atoms with van der Waals surface area (Å²) in [4.78, 5) is 14.0. The maximum atomic E-state index is 9.81. The van der Waals surface area contributed by atoms with Crippen molar-refractivity contribution in [1.29, 1.82) is 0 Å². The molecule has 0 atom stereocenters. The van der Waals surface area contributed by atoms with Crippen LogP contribution < -0.4 is 11.1 Å². The molecule has 0 unspecified atom stereocenters. The smallest absolute Gasteiger partial charge is 0.169 e. The summed E-state index contributed by atoms with van der Waals surface area (Å²) >= 11 is 6.56. The average molecular weight is 450 g/mol. The summed E-state index contributed by atoms with van der Waals surface area (Å²) in [6.07, 6.45) is 6.58. The van der Waals surface area contributed by atoms with Gasteiger partial charge in [0.25, 0.3) is 0 Å². The summed E-state index contributed by atoms with van der Waals surface area (Å²) < 4.78 is 1.72. The normalized spacial score (nSPS) is 18.7. The summed E-state index contributed by atoms with van der Waals surface area (Å²) in [5.41, 5.74) is 9.78. The van der Waals surface area contributed by atoms with Crippen molar-refractivity contribution in [3.63, 3.8) is 0 Å². The average Bonchev–Trinajstić information content (AvgIpc) is 3.22. The molecule has 3 heterocycles. The van der Waals surface area contributed by atoms with Crippen LogP contribution in [-0.2, 0) is 7.05 Å². The van der Waals surface area contributed by atoms with Crippen LogP contribution in [0.1, 0.15) is 25.7 Å². The van der Waals surface area contributed by atoms with Crippen LogP contribution in [0.25, 0.3) is 33.5 Å². The minimum Gasteiger partial charge on any atom is -0.393 e. The van der Waals surface area contributed by atoms with E-state index in [1.807, 2.05) is 43.6 Å². The van der Waals surface area contributed by atoms with Crippen LogP contribution in [0.5, 0.6) is 0 Å². The van der Waals surface area contributed by atoms with E-state index in [1.165, 1.54) is 0 Å². The fourth-order valence-corrected chi connectivity index (χ4v) is 4.45. The molecule has 0 saturated heterocycles. The first kappa shape index (κ1) is 20.7. The molecular formula is C23H24ClN7O. The SMILES string of the molecule is Cn1ccc(-c2nc(N)c(NC3CCC(O)CC3)nc2-c2cc(Cl)c3ncccc3c2)n1. The van der Waals surface area contributed by atoms with Crippen molar-refractivity contribution < 1.29 is 5.11 Å². The number of nitrogens with two attached hydrogens (primary N) is 1. The molecule has 1 aliphatic carbocycles. The van der Waals surface area contributed by atoms with E-state index in [4.69, 9.17) is 27.3 Å². The van der Waals surface area contributed by atoms with Gasteiger partial charge in [-0.25, -0.2) is 9.97 Å². The molecule has 0 bridgehead atoms. The van der Waals surface area contributed by atoms with Crippen molar-refractivity contribution in [3.8, 4) is 22.6 Å². The number of nitrogens with zero attached hydrogens (tertiary/aromatic N) is 5. The Morgan fingerprint density at radius 1 is 1.12 bits per heavy atom. The number of aliphatic hydroxyl groups is 1. The van der Waals surface area contributed by atoms with Crippen LogP contribution in [0.2, 0.25) is 5.02 Å². The van der Waals surface area contributed by atoms with Gasteiger partial charge in [0.2, 0.25) is 0 Å². The number of fused-ring (bicyclic) bond motifs is 1. The predicted molar refractivity (Wildman–Crippen MR) is 126 cm³/mol. The lowest BCUT2D eigenvalue weighted by Crippen LogP contribution is -2.29. The number of nitrogen functional groups attached to an aromatic ring is 1. The molecule has 0 spiro atoms. The molecule has 1 aliphatic rings. The van der Waals surface area contributed by atoms with E-state index >= 15 is 0 Å². The van der Waals surface area contributed by atoms with E-state index in [0.29, 0.717) is 33.7 Å². The van der Waals surface area contributed by atoms with Gasteiger partial charge in [-0.05, 0) is 49.9 Å². The molecular weight excluding hydrogens is 426 g/mol. The first-order valence-electron chi connectivity index (χ1n) is 10.6. The van der Waals surface area contributed by atoms with Crippen LogP contribution in [-0.4, -0.2) is 42.0 Å². The summed E-state index contributed by atoms with van der Waals surface area (Å²) in [5, 5.41) is 19.2. The van der Waals surface area contributed by atoms with Gasteiger partial charge >= 0.3 is 0 Å². The number of hydrogen-bond donors (Lipinski definition) is 3. The van der Waals surface area contributed by atoms with Crippen molar-refractivity contribution in [2.75, 3.05) is 11.1 Å². The Hall–Kier alpha value is -3.23. The zero-order valence-corrected chi connectivity index (χ0v) is 18.4. The first-order valence-corrected chi connectivity index (χ1v) is 11.0. The fraction of sp³-hybridized carbons (Fsp3) is 0.304. The molecule has 4 N–H and O–H groups in total. The van der Waals surface area contributed by atoms with Crippen LogP contribution in [0.15, 0.2) is 42.7 Å². The zero-order valence-electron chi connectivity index (χ0n) is 17.7. The molecule has 0 aliphatic heterocycles. The number of aromatic nitrogens is 5. The quantitative estimate of drug-likeness (QED) is 0.430. The second-order valence-corrected chi connectivity index (χ2v) is 8.62. The third kappa shape index (κ3) is 3.99. The monoisotopic (exact) mass is 449 g/mol. The van der Waals surface area contributed by atoms with Crippen LogP contribution in [0.3, 0.4) is 0 Å². The molecule has 1 saturated carbocycles. The molecule has 1 aromatic carbocycles. The summed E-state index contributed by atoms with van der Waals surface area (Å²) in [6, 6.07) is 9.77. The zero-order chi connectivity index (χ0) is 22.2. The maximum Gasteiger partial charge on any atom is 0.169 e. The molecule has 0 amide bonds. The number of pyridine rings is 1. The summed E-state index contributed by atoms with van der Waals surface area (Å²) in [7, 11) is 1.85. The van der Waals surface area contributed by atoms with Gasteiger partial charge in [-0.1, -0.05) is 17.7 Å². The lowest BCUT2D eigenvalue weighted by atomic mass is 9.93. The molecule has 4 aromatic rings. The van der Waals surface area contributed by atoms with Crippen molar-refractivity contribution in [2.24, 2.45) is 7.05 Å². The molecule has 32 heavy (non-hydrogen) atoms. The number of aryl methyl sites for hydroxylation is 1. The predicted octanol–water partition coefficient (Wildman–Crippen LogP) is 4.04. The van der Waals surface area contributed by atoms with Crippen LogP contribution in [0.4, 0.5) is 11.6 Å². The highest BCUT2D eigenvalue weighted by Gasteiger charge is 2.23. The van der Waals surface area contributed by atoms with E-state index in [-0.39, 0.29) is 12.1 Å². The highest BCUT2D eigenvalue weighted by molar-refractivity contribution is 6.35. The molecule has 8 nitrogen and oxygen atoms in total. The van der Waals surface area contributed by atoms with E-state index in [0.717, 1.165) is 42.1 Å². The van der Waals surface area contributed by atoms with Gasteiger partial charge in [0, 0.05) is 36.4 Å². The van der Waals surface area contributed by atoms with Crippen molar-refractivity contribution >= 4 is 34.1 Å². The molecule has 1 fully saturated rings. The van der Waals surface area contributed by atoms with Gasteiger partial charge in [-0.3, -0.25) is 9.67 Å². The third-order valence-electron chi connectivity index (χ3n) is 5.85. The van der Waals surface area contributed by atoms with Crippen molar-refractivity contribution in [3.05, 3.63) is 47.7 Å². The molecule has 164 valence electrons. The molecule has 3 aromatic heterocycles. The van der Waals surface area contributed by atoms with Gasteiger partial charge in [-0.2, -0.15) is 5.10 Å². The third-order valence-corrected chi connectivity index (χ3v) is 6.14. The van der Waals surface area contributed by atoms with E-state index in [2.05, 4.69) is 15.4 Å². The highest BCUT2D eigenvalue weighted by atomic mass is 35.5. The Balaban J connectivity index is 1.63. The van der Waals surface area contributed by atoms with Gasteiger partial charge < -0.3 is 16.2 Å². The Bertz CT molecular complexity index is 1280. The second kappa shape index (κ2) is 8.37. The first-order chi connectivity index (χ1) is 15.5. The number of anilines is 2. The minimum atomic E-state index is -0.230. The van der Waals surface area contributed by atoms with E-state index in [1.54, 1.807) is 10.9 Å². The number of rotatable bonds is 4. The maximum absolute atomic E-state index is 9.81. The second-order valence-electron chi connectivity index (χ2n) is 8.21. The summed E-state index contributed by atoms with van der Waals surface area (Å²) in [6.45, 7) is 0. The van der Waals surface area contributed by atoms with Crippen LogP contribution >= 0.6 is 11.6 Å². The minimum absolute atomic E-state index is 0.188. The van der Waals surface area contributed by atoms with Gasteiger partial charge in [0.1, 0.15) is 17.1 Å². The number of benzene rings is 1. The molecule has 5 rings (SSSR count). The largest absolute Gasteiger partial charge is 0.393 e. The highest BCUT2D eigenvalue weighted by Crippen LogP contribution is 2.36. The van der Waals surface area contributed by atoms with Gasteiger partial charge in [-0.15, -0.1) is 0 Å². The standard InChI is InChI=1S/C23H24ClN7O/c1-31-10-8-18(30-31)21-20(14-11-13-3-2-9-26-19(13)17(24)12-14)29-23(22(25)28-21)27-15-4-6-16(32)7-5-15/h2-3,8-12,15-16,32H,4-7H2,1H3,(H2,25,28)(H,27,29). The van der Waals surface area contributed by atoms with Crippen molar-refractivity contribution in [2.45, 2.75) is 37.8 Å². The fourth-order valence-electron chi connectivity index (χ4n) is 4.17. The van der Waals surface area contributed by atoms with Crippen LogP contribution in [0, 0.1) is 0 Å². The number of aliphatic hydroxyl groups excluding tert-OH is 1. The lowest BCUT2D eigenvalue weighted by Gasteiger charge is -2.27. The molecule has 9 heteroatoms. The lowest BCUT2D eigenvalue weighted by molar-refractivity contribution is 0.126. The van der Waals surface area contributed by atoms with E-state index < -0.39 is 0 Å².